The second-order valence-corrected chi connectivity index (χ2v) is 6.56. The molecule has 0 saturated heterocycles. The molecule has 1 aliphatic rings. The first-order valence-electron chi connectivity index (χ1n) is 5.66. The van der Waals surface area contributed by atoms with Gasteiger partial charge in [0.25, 0.3) is 0 Å². The molecule has 1 aromatic carbocycles. The van der Waals surface area contributed by atoms with E-state index in [1.54, 1.807) is 0 Å². The molecule has 0 spiro atoms. The van der Waals surface area contributed by atoms with Gasteiger partial charge < -0.3 is 5.11 Å². The van der Waals surface area contributed by atoms with Gasteiger partial charge in [0.05, 0.1) is 16.2 Å². The topological polar surface area (TPSA) is 71.4 Å². The van der Waals surface area contributed by atoms with Crippen LogP contribution in [0.3, 0.4) is 0 Å². The van der Waals surface area contributed by atoms with Crippen LogP contribution in [0.4, 0.5) is 4.39 Å². The molecule has 0 bridgehead atoms. The van der Waals surface area contributed by atoms with Crippen molar-refractivity contribution >= 4 is 15.8 Å². The van der Waals surface area contributed by atoms with Crippen molar-refractivity contribution in [3.63, 3.8) is 0 Å². The van der Waals surface area contributed by atoms with Gasteiger partial charge in [-0.2, -0.15) is 0 Å². The molecular weight excluding hydrogens is 259 g/mol. The quantitative estimate of drug-likeness (QED) is 0.852. The van der Waals surface area contributed by atoms with Crippen LogP contribution in [0, 0.1) is 11.7 Å². The summed E-state index contributed by atoms with van der Waals surface area (Å²) in [5.74, 6) is -2.23. The highest BCUT2D eigenvalue weighted by molar-refractivity contribution is 7.91. The Kier molecular flexibility index (Phi) is 3.38. The number of rotatable bonds is 4. The predicted octanol–water partition coefficient (Wildman–Crippen LogP) is 2.10. The number of benzene rings is 1. The van der Waals surface area contributed by atoms with E-state index in [2.05, 4.69) is 0 Å². The highest BCUT2D eigenvalue weighted by atomic mass is 32.2. The van der Waals surface area contributed by atoms with Gasteiger partial charge in [-0.05, 0) is 37.0 Å². The van der Waals surface area contributed by atoms with Crippen molar-refractivity contribution in [1.29, 1.82) is 0 Å². The lowest BCUT2D eigenvalue weighted by molar-refractivity contribution is 0.0691. The summed E-state index contributed by atoms with van der Waals surface area (Å²) in [6.45, 7) is 0. The van der Waals surface area contributed by atoms with Crippen LogP contribution in [-0.2, 0) is 9.84 Å². The number of hydrogen-bond donors (Lipinski definition) is 1. The van der Waals surface area contributed by atoms with Crippen molar-refractivity contribution in [3.8, 4) is 0 Å². The second kappa shape index (κ2) is 4.68. The van der Waals surface area contributed by atoms with Gasteiger partial charge in [0, 0.05) is 0 Å². The monoisotopic (exact) mass is 272 g/mol. The molecule has 4 nitrogen and oxygen atoms in total. The number of hydrogen-bond acceptors (Lipinski definition) is 3. The zero-order valence-corrected chi connectivity index (χ0v) is 10.4. The average Bonchev–Trinajstić information content (AvgIpc) is 2.23. The molecule has 1 aromatic rings. The number of halogens is 1. The predicted molar refractivity (Wildman–Crippen MR) is 62.8 cm³/mol. The van der Waals surface area contributed by atoms with E-state index in [9.17, 15) is 17.6 Å². The normalized spacial score (nSPS) is 16.3. The van der Waals surface area contributed by atoms with Gasteiger partial charge in [0.1, 0.15) is 5.82 Å². The Morgan fingerprint density at radius 1 is 1.39 bits per heavy atom. The zero-order valence-electron chi connectivity index (χ0n) is 9.60. The maximum atomic E-state index is 13.2. The van der Waals surface area contributed by atoms with E-state index >= 15 is 0 Å². The first-order valence-corrected chi connectivity index (χ1v) is 7.31. The molecule has 0 aliphatic heterocycles. The third-order valence-corrected chi connectivity index (χ3v) is 5.09. The summed E-state index contributed by atoms with van der Waals surface area (Å²) < 4.78 is 37.2. The van der Waals surface area contributed by atoms with E-state index < -0.39 is 27.2 Å². The van der Waals surface area contributed by atoms with Crippen LogP contribution in [0.2, 0.25) is 0 Å². The molecule has 1 saturated carbocycles. The van der Waals surface area contributed by atoms with Crippen LogP contribution in [-0.4, -0.2) is 25.2 Å². The average molecular weight is 272 g/mol. The van der Waals surface area contributed by atoms with Crippen LogP contribution in [0.1, 0.15) is 29.6 Å². The molecule has 6 heteroatoms. The second-order valence-electron chi connectivity index (χ2n) is 4.53. The molecule has 0 radical (unpaired) electrons. The van der Waals surface area contributed by atoms with Crippen LogP contribution >= 0.6 is 0 Å². The molecule has 18 heavy (non-hydrogen) atoms. The molecule has 1 fully saturated rings. The smallest absolute Gasteiger partial charge is 0.338 e. The molecule has 0 heterocycles. The molecule has 1 N–H and O–H groups in total. The van der Waals surface area contributed by atoms with E-state index in [1.165, 1.54) is 0 Å². The lowest BCUT2D eigenvalue weighted by atomic mass is 9.87. The number of carboxylic acids is 1. The van der Waals surface area contributed by atoms with Gasteiger partial charge in [-0.3, -0.25) is 0 Å². The largest absolute Gasteiger partial charge is 0.478 e. The Balaban J connectivity index is 2.32. The maximum absolute atomic E-state index is 13.2. The van der Waals surface area contributed by atoms with E-state index in [0.29, 0.717) is 0 Å². The Morgan fingerprint density at radius 3 is 2.56 bits per heavy atom. The van der Waals surface area contributed by atoms with Crippen molar-refractivity contribution in [3.05, 3.63) is 29.6 Å². The fraction of sp³-hybridized carbons (Fsp3) is 0.417. The van der Waals surface area contributed by atoms with Gasteiger partial charge in [-0.1, -0.05) is 6.42 Å². The van der Waals surface area contributed by atoms with Gasteiger partial charge in [-0.15, -0.1) is 0 Å². The Bertz CT molecular complexity index is 576. The summed E-state index contributed by atoms with van der Waals surface area (Å²) in [5.41, 5.74) is -0.607. The first kappa shape index (κ1) is 13.0. The fourth-order valence-electron chi connectivity index (χ4n) is 1.93. The molecular formula is C12H13FO4S. The minimum Gasteiger partial charge on any atom is -0.478 e. The summed E-state index contributed by atoms with van der Waals surface area (Å²) in [4.78, 5) is 10.6. The van der Waals surface area contributed by atoms with Crippen molar-refractivity contribution in [2.75, 3.05) is 5.75 Å². The minimum atomic E-state index is -3.52. The molecule has 98 valence electrons. The summed E-state index contributed by atoms with van der Waals surface area (Å²) in [5, 5.41) is 8.76. The molecule has 1 aliphatic carbocycles. The summed E-state index contributed by atoms with van der Waals surface area (Å²) in [6, 6.07) is 2.90. The first-order chi connectivity index (χ1) is 8.40. The van der Waals surface area contributed by atoms with Crippen molar-refractivity contribution in [2.24, 2.45) is 5.92 Å². The molecule has 0 unspecified atom stereocenters. The van der Waals surface area contributed by atoms with Crippen LogP contribution < -0.4 is 0 Å². The van der Waals surface area contributed by atoms with Crippen LogP contribution in [0.25, 0.3) is 0 Å². The number of carboxylic acid groups (broad SMARTS) is 1. The van der Waals surface area contributed by atoms with Crippen LogP contribution in [0.15, 0.2) is 23.1 Å². The van der Waals surface area contributed by atoms with Gasteiger partial charge in [0.15, 0.2) is 9.84 Å². The number of aromatic carboxylic acids is 1. The number of carbonyl (C=O) groups is 1. The Labute approximate surface area is 104 Å². The summed E-state index contributed by atoms with van der Waals surface area (Å²) >= 11 is 0. The molecule has 0 atom stereocenters. The highest BCUT2D eigenvalue weighted by Gasteiger charge is 2.26. The summed E-state index contributed by atoms with van der Waals surface area (Å²) in [6.07, 6.45) is 2.79. The minimum absolute atomic E-state index is 0.0116. The van der Waals surface area contributed by atoms with E-state index in [4.69, 9.17) is 5.11 Å². The standard InChI is InChI=1S/C12H13FO4S/c13-11-5-4-9(6-10(11)12(14)15)18(16,17)7-8-2-1-3-8/h4-6,8H,1-3,7H2,(H,14,15). The molecule has 0 amide bonds. The van der Waals surface area contributed by atoms with Gasteiger partial charge in [-0.25, -0.2) is 17.6 Å². The fourth-order valence-corrected chi connectivity index (χ4v) is 3.65. The van der Waals surface area contributed by atoms with E-state index in [0.717, 1.165) is 37.5 Å². The Morgan fingerprint density at radius 2 is 2.06 bits per heavy atom. The highest BCUT2D eigenvalue weighted by Crippen LogP contribution is 2.30. The van der Waals surface area contributed by atoms with Crippen molar-refractivity contribution in [2.45, 2.75) is 24.2 Å². The summed E-state index contributed by atoms with van der Waals surface area (Å²) in [7, 11) is -3.52. The third-order valence-electron chi connectivity index (χ3n) is 3.21. The van der Waals surface area contributed by atoms with Crippen molar-refractivity contribution in [1.82, 2.24) is 0 Å². The molecule has 0 aromatic heterocycles. The van der Waals surface area contributed by atoms with Gasteiger partial charge >= 0.3 is 5.97 Å². The van der Waals surface area contributed by atoms with Gasteiger partial charge in [0.2, 0.25) is 0 Å². The SMILES string of the molecule is O=C(O)c1cc(S(=O)(=O)CC2CCC2)ccc1F. The number of sulfone groups is 1. The Hall–Kier alpha value is -1.43. The lowest BCUT2D eigenvalue weighted by Gasteiger charge is -2.24. The van der Waals surface area contributed by atoms with Crippen LogP contribution in [0.5, 0.6) is 0 Å². The van der Waals surface area contributed by atoms with E-state index in [1.807, 2.05) is 0 Å². The zero-order chi connectivity index (χ0) is 13.3. The molecule has 2 rings (SSSR count). The van der Waals surface area contributed by atoms with E-state index in [-0.39, 0.29) is 16.6 Å². The maximum Gasteiger partial charge on any atom is 0.338 e. The lowest BCUT2D eigenvalue weighted by Crippen LogP contribution is -2.22. The third kappa shape index (κ3) is 2.53. The van der Waals surface area contributed by atoms with Crippen molar-refractivity contribution < 1.29 is 22.7 Å².